The molecule has 2 nitrogen and oxygen atoms in total. The van der Waals surface area contributed by atoms with Crippen molar-refractivity contribution >= 4 is 28.6 Å². The number of benzene rings is 1. The van der Waals surface area contributed by atoms with Crippen LogP contribution in [0.15, 0.2) is 30.3 Å². The van der Waals surface area contributed by atoms with Crippen LogP contribution in [-0.2, 0) is 16.1 Å². The molecule has 0 saturated carbocycles. The Bertz CT molecular complexity index is 320. The van der Waals surface area contributed by atoms with Crippen molar-refractivity contribution in [2.24, 2.45) is 0 Å². The lowest BCUT2D eigenvalue weighted by atomic mass is 10.1. The average molecular weight is 318 g/mol. The molecule has 0 saturated heterocycles. The van der Waals surface area contributed by atoms with E-state index in [2.05, 4.69) is 22.6 Å². The van der Waals surface area contributed by atoms with Crippen LogP contribution in [0, 0.1) is 0 Å². The van der Waals surface area contributed by atoms with Gasteiger partial charge in [0.2, 0.25) is 0 Å². The third kappa shape index (κ3) is 3.81. The summed E-state index contributed by atoms with van der Waals surface area (Å²) in [6.07, 6.45) is 0.779. The van der Waals surface area contributed by atoms with Gasteiger partial charge < -0.3 is 4.74 Å². The first kappa shape index (κ1) is 12.5. The largest absolute Gasteiger partial charge is 0.460 e. The Morgan fingerprint density at radius 2 is 2.00 bits per heavy atom. The SMILES string of the molecule is CCC(C)(I)C(=O)OCc1ccccc1. The summed E-state index contributed by atoms with van der Waals surface area (Å²) >= 11 is 2.13. The standard InChI is InChI=1S/C12H15IO2/c1-3-12(2,13)11(14)15-9-10-7-5-4-6-8-10/h4-8H,3,9H2,1-2H3. The number of hydrogen-bond acceptors (Lipinski definition) is 2. The maximum absolute atomic E-state index is 11.6. The lowest BCUT2D eigenvalue weighted by molar-refractivity contribution is -0.146. The Balaban J connectivity index is 2.48. The Morgan fingerprint density at radius 3 is 2.53 bits per heavy atom. The fraction of sp³-hybridized carbons (Fsp3) is 0.417. The zero-order chi connectivity index (χ0) is 11.3. The smallest absolute Gasteiger partial charge is 0.322 e. The van der Waals surface area contributed by atoms with E-state index in [-0.39, 0.29) is 5.97 Å². The molecule has 0 N–H and O–H groups in total. The van der Waals surface area contributed by atoms with Crippen LogP contribution in [0.4, 0.5) is 0 Å². The van der Waals surface area contributed by atoms with Gasteiger partial charge >= 0.3 is 5.97 Å². The van der Waals surface area contributed by atoms with Crippen LogP contribution in [0.2, 0.25) is 0 Å². The van der Waals surface area contributed by atoms with Crippen LogP contribution in [0.5, 0.6) is 0 Å². The molecule has 0 aliphatic carbocycles. The van der Waals surface area contributed by atoms with Crippen molar-refractivity contribution in [3.05, 3.63) is 35.9 Å². The third-order valence-electron chi connectivity index (χ3n) is 2.30. The summed E-state index contributed by atoms with van der Waals surface area (Å²) in [5.74, 6) is -0.144. The maximum Gasteiger partial charge on any atom is 0.322 e. The van der Waals surface area contributed by atoms with Crippen molar-refractivity contribution in [2.45, 2.75) is 30.3 Å². The van der Waals surface area contributed by atoms with Crippen LogP contribution in [0.25, 0.3) is 0 Å². The van der Waals surface area contributed by atoms with E-state index in [0.29, 0.717) is 6.61 Å². The van der Waals surface area contributed by atoms with Gasteiger partial charge in [-0.05, 0) is 18.9 Å². The Kier molecular flexibility index (Phi) is 4.57. The molecule has 0 aliphatic rings. The summed E-state index contributed by atoms with van der Waals surface area (Å²) in [5, 5.41) is 0. The molecule has 3 heteroatoms. The van der Waals surface area contributed by atoms with Crippen molar-refractivity contribution < 1.29 is 9.53 Å². The first-order valence-electron chi connectivity index (χ1n) is 4.96. The zero-order valence-corrected chi connectivity index (χ0v) is 11.2. The van der Waals surface area contributed by atoms with Gasteiger partial charge in [0.15, 0.2) is 0 Å². The molecule has 15 heavy (non-hydrogen) atoms. The second kappa shape index (κ2) is 5.49. The fourth-order valence-corrected chi connectivity index (χ4v) is 1.17. The minimum Gasteiger partial charge on any atom is -0.460 e. The second-order valence-electron chi connectivity index (χ2n) is 3.61. The van der Waals surface area contributed by atoms with E-state index in [1.54, 1.807) is 0 Å². The zero-order valence-electron chi connectivity index (χ0n) is 9.00. The van der Waals surface area contributed by atoms with Crippen molar-refractivity contribution in [3.63, 3.8) is 0 Å². The van der Waals surface area contributed by atoms with Crippen LogP contribution < -0.4 is 0 Å². The van der Waals surface area contributed by atoms with Gasteiger partial charge in [-0.15, -0.1) is 0 Å². The molecule has 1 atom stereocenters. The van der Waals surface area contributed by atoms with Gasteiger partial charge in [-0.3, -0.25) is 4.79 Å². The Hall–Kier alpha value is -0.580. The minimum absolute atomic E-state index is 0.144. The van der Waals surface area contributed by atoms with Crippen molar-refractivity contribution in [1.82, 2.24) is 0 Å². The normalized spacial score (nSPS) is 14.3. The van der Waals surface area contributed by atoms with E-state index in [9.17, 15) is 4.79 Å². The van der Waals surface area contributed by atoms with E-state index in [0.717, 1.165) is 12.0 Å². The highest BCUT2D eigenvalue weighted by Gasteiger charge is 2.29. The molecule has 0 spiro atoms. The van der Waals surface area contributed by atoms with E-state index in [4.69, 9.17) is 4.74 Å². The summed E-state index contributed by atoms with van der Waals surface area (Å²) in [7, 11) is 0. The topological polar surface area (TPSA) is 26.3 Å². The Morgan fingerprint density at radius 1 is 1.40 bits per heavy atom. The van der Waals surface area contributed by atoms with Crippen molar-refractivity contribution in [1.29, 1.82) is 0 Å². The first-order chi connectivity index (χ1) is 7.06. The van der Waals surface area contributed by atoms with Gasteiger partial charge in [0, 0.05) is 0 Å². The maximum atomic E-state index is 11.6. The average Bonchev–Trinajstić information content (AvgIpc) is 2.27. The van der Waals surface area contributed by atoms with Crippen molar-refractivity contribution in [3.8, 4) is 0 Å². The molecule has 0 amide bonds. The monoisotopic (exact) mass is 318 g/mol. The highest BCUT2D eigenvalue weighted by Crippen LogP contribution is 2.24. The molecule has 82 valence electrons. The Labute approximate surface area is 104 Å². The van der Waals surface area contributed by atoms with E-state index in [1.807, 2.05) is 44.2 Å². The summed E-state index contributed by atoms with van der Waals surface area (Å²) in [4.78, 5) is 11.6. The van der Waals surface area contributed by atoms with Crippen LogP contribution in [0.1, 0.15) is 25.8 Å². The highest BCUT2D eigenvalue weighted by molar-refractivity contribution is 14.1. The molecule has 0 aliphatic heterocycles. The summed E-state index contributed by atoms with van der Waals surface area (Å²) in [6, 6.07) is 9.71. The molecule has 1 aromatic rings. The van der Waals surface area contributed by atoms with Crippen LogP contribution >= 0.6 is 22.6 Å². The molecule has 1 unspecified atom stereocenters. The molecular formula is C12H15IO2. The predicted octanol–water partition coefficient (Wildman–Crippen LogP) is 3.33. The second-order valence-corrected chi connectivity index (χ2v) is 5.99. The number of carbonyl (C=O) groups is 1. The molecule has 0 bridgehead atoms. The molecule has 0 radical (unpaired) electrons. The van der Waals surface area contributed by atoms with E-state index in [1.165, 1.54) is 0 Å². The molecule has 0 heterocycles. The first-order valence-corrected chi connectivity index (χ1v) is 6.04. The lowest BCUT2D eigenvalue weighted by Crippen LogP contribution is -2.29. The summed E-state index contributed by atoms with van der Waals surface area (Å²) in [5.41, 5.74) is 1.02. The molecule has 1 aromatic carbocycles. The van der Waals surface area contributed by atoms with Gasteiger partial charge in [0.25, 0.3) is 0 Å². The van der Waals surface area contributed by atoms with Crippen molar-refractivity contribution in [2.75, 3.05) is 0 Å². The number of alkyl halides is 1. The molecule has 0 fully saturated rings. The quantitative estimate of drug-likeness (QED) is 0.483. The minimum atomic E-state index is -0.410. The van der Waals surface area contributed by atoms with Crippen LogP contribution in [0.3, 0.4) is 0 Å². The van der Waals surface area contributed by atoms with Gasteiger partial charge in [-0.25, -0.2) is 0 Å². The third-order valence-corrected chi connectivity index (χ3v) is 3.51. The number of rotatable bonds is 4. The number of ether oxygens (including phenoxy) is 1. The van der Waals surface area contributed by atoms with Crippen LogP contribution in [-0.4, -0.2) is 9.39 Å². The predicted molar refractivity (Wildman–Crippen MR) is 69.0 cm³/mol. The number of esters is 1. The van der Waals surface area contributed by atoms with Gasteiger partial charge in [0.1, 0.15) is 10.0 Å². The number of halogens is 1. The summed E-state index contributed by atoms with van der Waals surface area (Å²) in [6.45, 7) is 4.23. The van der Waals surface area contributed by atoms with E-state index >= 15 is 0 Å². The number of carbonyl (C=O) groups excluding carboxylic acids is 1. The highest BCUT2D eigenvalue weighted by atomic mass is 127. The van der Waals surface area contributed by atoms with E-state index < -0.39 is 3.42 Å². The summed E-state index contributed by atoms with van der Waals surface area (Å²) < 4.78 is 4.83. The fourth-order valence-electron chi connectivity index (χ4n) is 1.02. The molecule has 1 rings (SSSR count). The lowest BCUT2D eigenvalue weighted by Gasteiger charge is -2.18. The molecule has 0 aromatic heterocycles. The number of hydrogen-bond donors (Lipinski definition) is 0. The van der Waals surface area contributed by atoms with Gasteiger partial charge in [0.05, 0.1) is 0 Å². The molecular weight excluding hydrogens is 303 g/mol. The van der Waals surface area contributed by atoms with Gasteiger partial charge in [-0.1, -0.05) is 59.8 Å². The van der Waals surface area contributed by atoms with Gasteiger partial charge in [-0.2, -0.15) is 0 Å².